The molecule has 0 fully saturated rings. The molecule has 0 aliphatic rings. The summed E-state index contributed by atoms with van der Waals surface area (Å²) in [6, 6.07) is 6.81. The molecule has 3 atom stereocenters. The number of aliphatic hydroxyl groups excluding tert-OH is 1. The molecule has 0 saturated heterocycles. The summed E-state index contributed by atoms with van der Waals surface area (Å²) in [5, 5.41) is 10.7. The van der Waals surface area contributed by atoms with Crippen molar-refractivity contribution < 1.29 is 14.6 Å². The van der Waals surface area contributed by atoms with Gasteiger partial charge in [-0.3, -0.25) is 4.57 Å². The molecule has 0 amide bonds. The van der Waals surface area contributed by atoms with Gasteiger partial charge in [0, 0.05) is 23.6 Å². The first-order chi connectivity index (χ1) is 8.92. The van der Waals surface area contributed by atoms with Crippen LogP contribution >= 0.6 is 31.4 Å². The molecule has 4 N–H and O–H groups in total. The lowest BCUT2D eigenvalue weighted by Gasteiger charge is -2.26. The van der Waals surface area contributed by atoms with E-state index in [1.807, 2.05) is 6.92 Å². The molecular formula is C13H22Cl2NO3P. The molecule has 1 aromatic rings. The quantitative estimate of drug-likeness (QED) is 0.665. The van der Waals surface area contributed by atoms with Crippen LogP contribution < -0.4 is 5.73 Å². The fourth-order valence-corrected chi connectivity index (χ4v) is 3.95. The van der Waals surface area contributed by atoms with Crippen molar-refractivity contribution in [2.75, 3.05) is 12.7 Å². The van der Waals surface area contributed by atoms with Gasteiger partial charge < -0.3 is 15.7 Å². The molecule has 0 spiro atoms. The van der Waals surface area contributed by atoms with Crippen LogP contribution in [-0.4, -0.2) is 28.6 Å². The van der Waals surface area contributed by atoms with Gasteiger partial charge in [0.1, 0.15) is 5.85 Å². The highest BCUT2D eigenvalue weighted by atomic mass is 35.5. The summed E-state index contributed by atoms with van der Waals surface area (Å²) in [6.07, 6.45) is 1.54. The number of aliphatic hydroxyl groups is 1. The molecule has 1 rings (SSSR count). The number of halogens is 2. The second kappa shape index (κ2) is 9.04. The van der Waals surface area contributed by atoms with Crippen molar-refractivity contribution in [3.05, 3.63) is 34.9 Å². The fraction of sp³-hybridized carbons (Fsp3) is 0.538. The van der Waals surface area contributed by atoms with E-state index < -0.39 is 19.1 Å². The number of benzene rings is 1. The molecule has 4 nitrogen and oxygen atoms in total. The van der Waals surface area contributed by atoms with Crippen molar-refractivity contribution in [1.82, 2.24) is 0 Å². The van der Waals surface area contributed by atoms with Gasteiger partial charge in [-0.25, -0.2) is 0 Å². The summed E-state index contributed by atoms with van der Waals surface area (Å²) >= 11 is 5.80. The first kappa shape index (κ1) is 19.9. The summed E-state index contributed by atoms with van der Waals surface area (Å²) in [7, 11) is -3.61. The van der Waals surface area contributed by atoms with E-state index in [2.05, 4.69) is 0 Å². The van der Waals surface area contributed by atoms with Gasteiger partial charge in [-0.05, 0) is 24.1 Å². The first-order valence-electron chi connectivity index (χ1n) is 6.37. The Morgan fingerprint density at radius 3 is 2.35 bits per heavy atom. The Bertz CT molecular complexity index is 442. The van der Waals surface area contributed by atoms with Crippen LogP contribution in [0.3, 0.4) is 0 Å². The molecule has 1 aromatic carbocycles. The maximum atomic E-state index is 12.1. The van der Waals surface area contributed by atoms with E-state index >= 15 is 0 Å². The minimum atomic E-state index is -3.61. The van der Waals surface area contributed by atoms with Gasteiger partial charge in [-0.1, -0.05) is 37.1 Å². The van der Waals surface area contributed by atoms with E-state index in [1.54, 1.807) is 24.3 Å². The van der Waals surface area contributed by atoms with E-state index in [-0.39, 0.29) is 25.1 Å². The zero-order valence-electron chi connectivity index (χ0n) is 11.4. The summed E-state index contributed by atoms with van der Waals surface area (Å²) < 4.78 is 12.1. The highest BCUT2D eigenvalue weighted by Crippen LogP contribution is 2.50. The molecule has 7 heteroatoms. The fourth-order valence-electron chi connectivity index (χ4n) is 1.94. The van der Waals surface area contributed by atoms with Crippen LogP contribution in [0.4, 0.5) is 0 Å². The van der Waals surface area contributed by atoms with Crippen molar-refractivity contribution in [1.29, 1.82) is 0 Å². The molecule has 0 heterocycles. The van der Waals surface area contributed by atoms with Gasteiger partial charge in [0.2, 0.25) is 7.37 Å². The Morgan fingerprint density at radius 2 is 1.90 bits per heavy atom. The molecule has 0 bridgehead atoms. The minimum Gasteiger partial charge on any atom is -0.382 e. The molecule has 0 aromatic heterocycles. The highest BCUT2D eigenvalue weighted by Gasteiger charge is 2.35. The van der Waals surface area contributed by atoms with E-state index in [9.17, 15) is 14.6 Å². The Kier molecular flexibility index (Phi) is 8.99. The summed E-state index contributed by atoms with van der Waals surface area (Å²) in [5.41, 5.74) is 6.37. The third-order valence-corrected chi connectivity index (χ3v) is 5.55. The second-order valence-corrected chi connectivity index (χ2v) is 7.56. The van der Waals surface area contributed by atoms with Crippen LogP contribution in [0.5, 0.6) is 0 Å². The molecule has 0 aliphatic carbocycles. The van der Waals surface area contributed by atoms with Crippen molar-refractivity contribution in [2.24, 2.45) is 5.73 Å². The van der Waals surface area contributed by atoms with Crippen LogP contribution in [0, 0.1) is 0 Å². The standard InChI is InChI=1S/C13H21ClNO3P.ClH/c1-2-3-8-19(17,18)13(16)12(9-15)10-4-6-11(14)7-5-10;/h4-7,12-13,16H,2-3,8-9,15H2,1H3,(H,17,18);1H. The zero-order valence-corrected chi connectivity index (χ0v) is 13.9. The summed E-state index contributed by atoms with van der Waals surface area (Å²) in [4.78, 5) is 9.96. The lowest BCUT2D eigenvalue weighted by Crippen LogP contribution is -2.26. The van der Waals surface area contributed by atoms with E-state index in [1.165, 1.54) is 0 Å². The first-order valence-corrected chi connectivity index (χ1v) is 8.66. The van der Waals surface area contributed by atoms with Gasteiger partial charge in [0.25, 0.3) is 0 Å². The van der Waals surface area contributed by atoms with Crippen LogP contribution in [0.15, 0.2) is 24.3 Å². The Balaban J connectivity index is 0.00000361. The summed E-state index contributed by atoms with van der Waals surface area (Å²) in [6.45, 7) is 2.05. The Labute approximate surface area is 131 Å². The Hall–Kier alpha value is -0.0900. The maximum Gasteiger partial charge on any atom is 0.228 e. The zero-order chi connectivity index (χ0) is 14.5. The molecular weight excluding hydrogens is 320 g/mol. The average Bonchev–Trinajstić information content (AvgIpc) is 2.39. The Morgan fingerprint density at radius 1 is 1.35 bits per heavy atom. The number of nitrogens with two attached hydrogens (primary N) is 1. The number of rotatable bonds is 7. The molecule has 0 aliphatic heterocycles. The lowest BCUT2D eigenvalue weighted by molar-refractivity contribution is 0.201. The van der Waals surface area contributed by atoms with Crippen molar-refractivity contribution >= 4 is 31.4 Å². The van der Waals surface area contributed by atoms with Crippen LogP contribution in [0.25, 0.3) is 0 Å². The minimum absolute atomic E-state index is 0. The number of unbranched alkanes of at least 4 members (excludes halogenated alkanes) is 1. The third-order valence-electron chi connectivity index (χ3n) is 3.16. The number of hydrogen-bond donors (Lipinski definition) is 3. The molecule has 20 heavy (non-hydrogen) atoms. The summed E-state index contributed by atoms with van der Waals surface area (Å²) in [5.74, 6) is -1.88. The predicted molar refractivity (Wildman–Crippen MR) is 86.1 cm³/mol. The predicted octanol–water partition coefficient (Wildman–Crippen LogP) is 3.19. The van der Waals surface area contributed by atoms with Crippen molar-refractivity contribution in [3.63, 3.8) is 0 Å². The van der Waals surface area contributed by atoms with E-state index in [0.29, 0.717) is 11.4 Å². The van der Waals surface area contributed by atoms with Gasteiger partial charge >= 0.3 is 0 Å². The molecule has 0 saturated carbocycles. The molecule has 0 radical (unpaired) electrons. The highest BCUT2D eigenvalue weighted by molar-refractivity contribution is 7.58. The SMILES string of the molecule is CCCCP(=O)(O)C(O)C(CN)c1ccc(Cl)cc1.Cl. The van der Waals surface area contributed by atoms with E-state index in [0.717, 1.165) is 12.0 Å². The number of hydrogen-bond acceptors (Lipinski definition) is 3. The van der Waals surface area contributed by atoms with Gasteiger partial charge in [0.05, 0.1) is 0 Å². The van der Waals surface area contributed by atoms with Crippen LogP contribution in [0.1, 0.15) is 31.2 Å². The molecule has 116 valence electrons. The van der Waals surface area contributed by atoms with Gasteiger partial charge in [-0.15, -0.1) is 12.4 Å². The van der Waals surface area contributed by atoms with Crippen molar-refractivity contribution in [2.45, 2.75) is 31.5 Å². The van der Waals surface area contributed by atoms with Gasteiger partial charge in [-0.2, -0.15) is 0 Å². The van der Waals surface area contributed by atoms with Gasteiger partial charge in [0.15, 0.2) is 0 Å². The van der Waals surface area contributed by atoms with Crippen LogP contribution in [-0.2, 0) is 4.57 Å². The normalized spacial score (nSPS) is 16.9. The average molecular weight is 342 g/mol. The third kappa shape index (κ3) is 5.36. The van der Waals surface area contributed by atoms with E-state index in [4.69, 9.17) is 17.3 Å². The topological polar surface area (TPSA) is 83.5 Å². The largest absolute Gasteiger partial charge is 0.382 e. The van der Waals surface area contributed by atoms with Crippen molar-refractivity contribution in [3.8, 4) is 0 Å². The lowest BCUT2D eigenvalue weighted by atomic mass is 10.0. The molecule has 3 unspecified atom stereocenters. The monoisotopic (exact) mass is 341 g/mol. The second-order valence-electron chi connectivity index (χ2n) is 4.64. The smallest absolute Gasteiger partial charge is 0.228 e. The maximum absolute atomic E-state index is 12.1. The van der Waals surface area contributed by atoms with Crippen LogP contribution in [0.2, 0.25) is 5.02 Å².